The Kier molecular flexibility index (Phi) is 8.29. The molecule has 0 aromatic carbocycles. The van der Waals surface area contributed by atoms with Crippen molar-refractivity contribution < 1.29 is 5.11 Å². The Hall–Kier alpha value is 0.400. The molecule has 12 heavy (non-hydrogen) atoms. The topological polar surface area (TPSA) is 32.3 Å². The zero-order valence-electron chi connectivity index (χ0n) is 8.02. The standard InChI is InChI=1S/C9H20BrNO/c1-3-5-11-9(4-6-12)7-8(2)10/h8-9,11-12H,3-7H2,1-2H3/t8?,9-/m1/s1. The van der Waals surface area contributed by atoms with Crippen LogP contribution in [0.1, 0.15) is 33.1 Å². The fourth-order valence-electron chi connectivity index (χ4n) is 1.20. The molecule has 2 N–H and O–H groups in total. The van der Waals surface area contributed by atoms with Gasteiger partial charge in [-0.05, 0) is 25.8 Å². The van der Waals surface area contributed by atoms with Crippen LogP contribution >= 0.6 is 15.9 Å². The van der Waals surface area contributed by atoms with Gasteiger partial charge >= 0.3 is 0 Å². The Morgan fingerprint density at radius 2 is 2.17 bits per heavy atom. The summed E-state index contributed by atoms with van der Waals surface area (Å²) >= 11 is 3.52. The van der Waals surface area contributed by atoms with E-state index in [1.54, 1.807) is 0 Å². The zero-order valence-corrected chi connectivity index (χ0v) is 9.60. The second kappa shape index (κ2) is 8.02. The van der Waals surface area contributed by atoms with Crippen LogP contribution < -0.4 is 5.32 Å². The van der Waals surface area contributed by atoms with Gasteiger partial charge in [0.2, 0.25) is 0 Å². The van der Waals surface area contributed by atoms with Gasteiger partial charge < -0.3 is 10.4 Å². The van der Waals surface area contributed by atoms with Crippen molar-refractivity contribution in [1.29, 1.82) is 0 Å². The normalized spacial score (nSPS) is 16.0. The highest BCUT2D eigenvalue weighted by atomic mass is 79.9. The van der Waals surface area contributed by atoms with E-state index >= 15 is 0 Å². The number of aliphatic hydroxyl groups excluding tert-OH is 1. The van der Waals surface area contributed by atoms with E-state index in [9.17, 15) is 0 Å². The number of nitrogens with one attached hydrogen (secondary N) is 1. The fourth-order valence-corrected chi connectivity index (χ4v) is 1.65. The number of hydrogen-bond donors (Lipinski definition) is 2. The molecule has 0 saturated carbocycles. The molecule has 0 aliphatic heterocycles. The van der Waals surface area contributed by atoms with Gasteiger partial charge in [0.1, 0.15) is 0 Å². The van der Waals surface area contributed by atoms with Gasteiger partial charge in [0, 0.05) is 17.5 Å². The molecule has 0 fully saturated rings. The molecule has 0 bridgehead atoms. The summed E-state index contributed by atoms with van der Waals surface area (Å²) in [6.07, 6.45) is 3.09. The predicted octanol–water partition coefficient (Wildman–Crippen LogP) is 1.91. The molecule has 1 unspecified atom stereocenters. The lowest BCUT2D eigenvalue weighted by atomic mass is 10.1. The van der Waals surface area contributed by atoms with Crippen LogP contribution in [0.25, 0.3) is 0 Å². The average molecular weight is 238 g/mol. The molecule has 0 heterocycles. The second-order valence-corrected chi connectivity index (χ2v) is 4.74. The summed E-state index contributed by atoms with van der Waals surface area (Å²) in [6.45, 7) is 5.62. The average Bonchev–Trinajstić information content (AvgIpc) is 2.00. The summed E-state index contributed by atoms with van der Waals surface area (Å²) in [7, 11) is 0. The van der Waals surface area contributed by atoms with E-state index < -0.39 is 0 Å². The van der Waals surface area contributed by atoms with E-state index in [2.05, 4.69) is 35.1 Å². The Morgan fingerprint density at radius 1 is 1.50 bits per heavy atom. The first kappa shape index (κ1) is 12.4. The molecule has 2 atom stereocenters. The molecule has 0 aromatic rings. The third-order valence-corrected chi connectivity index (χ3v) is 2.14. The molecule has 0 radical (unpaired) electrons. The highest BCUT2D eigenvalue weighted by molar-refractivity contribution is 9.09. The summed E-state index contributed by atoms with van der Waals surface area (Å²) in [6, 6.07) is 0.462. The maximum Gasteiger partial charge on any atom is 0.0445 e. The maximum absolute atomic E-state index is 8.79. The van der Waals surface area contributed by atoms with Crippen LogP contribution in [0.15, 0.2) is 0 Å². The van der Waals surface area contributed by atoms with E-state index in [4.69, 9.17) is 5.11 Å². The molecule has 0 spiro atoms. The van der Waals surface area contributed by atoms with E-state index in [0.29, 0.717) is 10.9 Å². The molecule has 0 saturated heterocycles. The van der Waals surface area contributed by atoms with E-state index in [-0.39, 0.29) is 6.61 Å². The van der Waals surface area contributed by atoms with Gasteiger partial charge in [0.15, 0.2) is 0 Å². The monoisotopic (exact) mass is 237 g/mol. The molecule has 0 aromatic heterocycles. The van der Waals surface area contributed by atoms with Gasteiger partial charge in [-0.3, -0.25) is 0 Å². The van der Waals surface area contributed by atoms with Crippen molar-refractivity contribution in [3.05, 3.63) is 0 Å². The summed E-state index contributed by atoms with van der Waals surface area (Å²) in [5, 5.41) is 12.2. The second-order valence-electron chi connectivity index (χ2n) is 3.18. The lowest BCUT2D eigenvalue weighted by molar-refractivity contribution is 0.261. The van der Waals surface area contributed by atoms with Gasteiger partial charge in [0.05, 0.1) is 0 Å². The first-order valence-electron chi connectivity index (χ1n) is 4.69. The van der Waals surface area contributed by atoms with E-state index in [0.717, 1.165) is 25.8 Å². The number of rotatable bonds is 7. The van der Waals surface area contributed by atoms with Gasteiger partial charge in [-0.2, -0.15) is 0 Å². The molecule has 0 amide bonds. The van der Waals surface area contributed by atoms with Gasteiger partial charge in [-0.15, -0.1) is 0 Å². The third-order valence-electron chi connectivity index (χ3n) is 1.77. The lowest BCUT2D eigenvalue weighted by Gasteiger charge is -2.18. The van der Waals surface area contributed by atoms with Gasteiger partial charge in [-0.1, -0.05) is 29.8 Å². The molecule has 3 heteroatoms. The van der Waals surface area contributed by atoms with Gasteiger partial charge in [0.25, 0.3) is 0 Å². The van der Waals surface area contributed by atoms with Crippen LogP contribution in [0.2, 0.25) is 0 Å². The molecule has 0 aliphatic rings. The van der Waals surface area contributed by atoms with Crippen LogP contribution in [0.3, 0.4) is 0 Å². The highest BCUT2D eigenvalue weighted by Gasteiger charge is 2.09. The smallest absolute Gasteiger partial charge is 0.0445 e. The van der Waals surface area contributed by atoms with E-state index in [1.165, 1.54) is 0 Å². The molecule has 0 aliphatic carbocycles. The summed E-state index contributed by atoms with van der Waals surface area (Å²) in [4.78, 5) is 0.526. The van der Waals surface area contributed by atoms with Crippen LogP contribution in [0, 0.1) is 0 Å². The summed E-state index contributed by atoms with van der Waals surface area (Å²) < 4.78 is 0. The molecular weight excluding hydrogens is 218 g/mol. The van der Waals surface area contributed by atoms with Crippen LogP contribution in [0.4, 0.5) is 0 Å². The van der Waals surface area contributed by atoms with Crippen LogP contribution in [0.5, 0.6) is 0 Å². The van der Waals surface area contributed by atoms with Gasteiger partial charge in [-0.25, -0.2) is 0 Å². The van der Waals surface area contributed by atoms with Crippen molar-refractivity contribution in [2.24, 2.45) is 0 Å². The van der Waals surface area contributed by atoms with Crippen molar-refractivity contribution in [2.45, 2.75) is 44.0 Å². The first-order valence-corrected chi connectivity index (χ1v) is 5.60. The van der Waals surface area contributed by atoms with Crippen molar-refractivity contribution >= 4 is 15.9 Å². The minimum atomic E-state index is 0.279. The molecule has 0 rings (SSSR count). The van der Waals surface area contributed by atoms with Crippen molar-refractivity contribution in [1.82, 2.24) is 5.32 Å². The Morgan fingerprint density at radius 3 is 2.58 bits per heavy atom. The highest BCUT2D eigenvalue weighted by Crippen LogP contribution is 2.09. The maximum atomic E-state index is 8.79. The Bertz CT molecular complexity index is 98.5. The fraction of sp³-hybridized carbons (Fsp3) is 1.00. The van der Waals surface area contributed by atoms with Crippen molar-refractivity contribution in [3.63, 3.8) is 0 Å². The lowest BCUT2D eigenvalue weighted by Crippen LogP contribution is -2.32. The quantitative estimate of drug-likeness (QED) is 0.664. The van der Waals surface area contributed by atoms with Crippen molar-refractivity contribution in [3.8, 4) is 0 Å². The van der Waals surface area contributed by atoms with Crippen LogP contribution in [-0.2, 0) is 0 Å². The minimum Gasteiger partial charge on any atom is -0.396 e. The van der Waals surface area contributed by atoms with Crippen LogP contribution in [-0.4, -0.2) is 29.1 Å². The molecular formula is C9H20BrNO. The SMILES string of the molecule is CCCN[C@H](CCO)CC(C)Br. The molecule has 74 valence electrons. The largest absolute Gasteiger partial charge is 0.396 e. The number of alkyl halides is 1. The predicted molar refractivity (Wildman–Crippen MR) is 56.8 cm³/mol. The first-order chi connectivity index (χ1) is 5.70. The zero-order chi connectivity index (χ0) is 9.40. The number of halogens is 1. The summed E-state index contributed by atoms with van der Waals surface area (Å²) in [5.41, 5.74) is 0. The van der Waals surface area contributed by atoms with E-state index in [1.807, 2.05) is 0 Å². The number of hydrogen-bond acceptors (Lipinski definition) is 2. The Labute approximate surface area is 83.9 Å². The number of aliphatic hydroxyl groups is 1. The Balaban J connectivity index is 3.54. The summed E-state index contributed by atoms with van der Waals surface area (Å²) in [5.74, 6) is 0. The third kappa shape index (κ3) is 7.07. The molecule has 2 nitrogen and oxygen atoms in total. The minimum absolute atomic E-state index is 0.279. The van der Waals surface area contributed by atoms with Crippen molar-refractivity contribution in [2.75, 3.05) is 13.2 Å².